The number of piperazine rings is 1. The Morgan fingerprint density at radius 3 is 2.29 bits per heavy atom. The molecule has 2 aliphatic rings. The van der Waals surface area contributed by atoms with E-state index in [-0.39, 0.29) is 6.03 Å². The molecule has 0 unspecified atom stereocenters. The van der Waals surface area contributed by atoms with Crippen LogP contribution in [0, 0.1) is 0 Å². The molecule has 1 saturated heterocycles. The fourth-order valence-electron chi connectivity index (χ4n) is 3.85. The maximum Gasteiger partial charge on any atom is 0.332 e. The highest BCUT2D eigenvalue weighted by atomic mass is 32.2. The first-order chi connectivity index (χ1) is 15.1. The fraction of sp³-hybridized carbons (Fsp3) is 0.409. The van der Waals surface area contributed by atoms with Gasteiger partial charge in [0.2, 0.25) is 0 Å². The number of anilines is 2. The third-order valence-electron chi connectivity index (χ3n) is 5.58. The molecule has 0 atom stereocenters. The number of carbonyl (C=O) groups excluding carboxylic acids is 1. The minimum absolute atomic E-state index is 0.114. The maximum absolute atomic E-state index is 12.6. The Hall–Kier alpha value is -2.78. The first kappa shape index (κ1) is 21.5. The highest BCUT2D eigenvalue weighted by Crippen LogP contribution is 2.42. The van der Waals surface area contributed by atoms with Crippen LogP contribution in [0.1, 0.15) is 0 Å². The second kappa shape index (κ2) is 9.57. The van der Waals surface area contributed by atoms with Crippen molar-refractivity contribution >= 4 is 29.4 Å². The van der Waals surface area contributed by atoms with Crippen molar-refractivity contribution in [3.63, 3.8) is 0 Å². The number of amides is 2. The number of rotatable bonds is 7. The maximum atomic E-state index is 12.6. The second-order valence-electron chi connectivity index (χ2n) is 7.33. The van der Waals surface area contributed by atoms with Gasteiger partial charge in [-0.1, -0.05) is 12.1 Å². The molecule has 2 amide bonds. The lowest BCUT2D eigenvalue weighted by atomic mass is 10.2. The predicted molar refractivity (Wildman–Crippen MR) is 123 cm³/mol. The van der Waals surface area contributed by atoms with E-state index in [1.54, 1.807) is 31.7 Å². The molecule has 0 aliphatic carbocycles. The minimum Gasteiger partial charge on any atom is -0.495 e. The van der Waals surface area contributed by atoms with Gasteiger partial charge in [-0.3, -0.25) is 9.21 Å². The van der Waals surface area contributed by atoms with Crippen molar-refractivity contribution in [2.24, 2.45) is 0 Å². The number of hydrogen-bond acceptors (Lipinski definition) is 7. The fourth-order valence-corrected chi connectivity index (χ4v) is 4.76. The zero-order chi connectivity index (χ0) is 21.8. The summed E-state index contributed by atoms with van der Waals surface area (Å²) in [5, 5.41) is 2.95. The van der Waals surface area contributed by atoms with E-state index in [0.29, 0.717) is 18.0 Å². The van der Waals surface area contributed by atoms with Crippen LogP contribution in [0.4, 0.5) is 16.2 Å². The molecule has 1 N–H and O–H groups in total. The Kier molecular flexibility index (Phi) is 6.62. The van der Waals surface area contributed by atoms with E-state index in [2.05, 4.69) is 21.2 Å². The summed E-state index contributed by atoms with van der Waals surface area (Å²) < 4.78 is 18.0. The number of benzene rings is 2. The van der Waals surface area contributed by atoms with Gasteiger partial charge in [-0.05, 0) is 24.1 Å². The van der Waals surface area contributed by atoms with Crippen LogP contribution in [-0.4, -0.2) is 75.8 Å². The van der Waals surface area contributed by atoms with Gasteiger partial charge in [0.05, 0.1) is 37.6 Å². The average molecular weight is 445 g/mol. The Labute approximate surface area is 187 Å². The number of para-hydroxylation sites is 2. The lowest BCUT2D eigenvalue weighted by molar-refractivity contribution is 0.221. The molecule has 0 bridgehead atoms. The molecule has 0 spiro atoms. The van der Waals surface area contributed by atoms with Crippen LogP contribution >= 0.6 is 11.9 Å². The number of ether oxygens (including phenoxy) is 3. The highest BCUT2D eigenvalue weighted by Gasteiger charge is 2.27. The summed E-state index contributed by atoms with van der Waals surface area (Å²) in [5.74, 6) is 2.16. The smallest absolute Gasteiger partial charge is 0.332 e. The van der Waals surface area contributed by atoms with Crippen molar-refractivity contribution < 1.29 is 19.0 Å². The van der Waals surface area contributed by atoms with E-state index in [0.717, 1.165) is 54.7 Å². The summed E-state index contributed by atoms with van der Waals surface area (Å²) in [6.07, 6.45) is 0. The van der Waals surface area contributed by atoms with Gasteiger partial charge in [-0.15, -0.1) is 0 Å². The van der Waals surface area contributed by atoms with Crippen molar-refractivity contribution in [2.45, 2.75) is 4.90 Å². The van der Waals surface area contributed by atoms with Gasteiger partial charge in [-0.25, -0.2) is 4.79 Å². The highest BCUT2D eigenvalue weighted by molar-refractivity contribution is 7.97. The molecule has 166 valence electrons. The molecule has 0 saturated carbocycles. The predicted octanol–water partition coefficient (Wildman–Crippen LogP) is 3.39. The molecule has 8 nitrogen and oxygen atoms in total. The Bertz CT molecular complexity index is 934. The normalized spacial score (nSPS) is 16.5. The van der Waals surface area contributed by atoms with Gasteiger partial charge < -0.3 is 24.4 Å². The van der Waals surface area contributed by atoms with E-state index in [1.165, 1.54) is 11.9 Å². The van der Waals surface area contributed by atoms with Crippen LogP contribution in [0.3, 0.4) is 0 Å². The minimum atomic E-state index is -0.114. The molecule has 2 aromatic carbocycles. The van der Waals surface area contributed by atoms with Crippen LogP contribution in [0.2, 0.25) is 0 Å². The molecule has 9 heteroatoms. The van der Waals surface area contributed by atoms with E-state index in [1.807, 2.05) is 24.3 Å². The molecule has 2 aliphatic heterocycles. The van der Waals surface area contributed by atoms with Crippen LogP contribution in [-0.2, 0) is 0 Å². The monoisotopic (exact) mass is 444 g/mol. The number of fused-ring (bicyclic) bond motifs is 1. The lowest BCUT2D eigenvalue weighted by Gasteiger charge is -2.37. The van der Waals surface area contributed by atoms with E-state index >= 15 is 0 Å². The molecule has 0 radical (unpaired) electrons. The van der Waals surface area contributed by atoms with Crippen molar-refractivity contribution in [2.75, 3.05) is 70.8 Å². The quantitative estimate of drug-likeness (QED) is 0.657. The topological polar surface area (TPSA) is 66.5 Å². The summed E-state index contributed by atoms with van der Waals surface area (Å²) in [6, 6.07) is 11.7. The number of nitrogens with zero attached hydrogens (tertiary/aromatic N) is 3. The van der Waals surface area contributed by atoms with Crippen molar-refractivity contribution in [3.05, 3.63) is 36.4 Å². The number of methoxy groups -OCH3 is 3. The molecule has 31 heavy (non-hydrogen) atoms. The number of nitrogens with one attached hydrogen (secondary N) is 1. The van der Waals surface area contributed by atoms with Gasteiger partial charge >= 0.3 is 6.03 Å². The van der Waals surface area contributed by atoms with Crippen LogP contribution in [0.25, 0.3) is 0 Å². The summed E-state index contributed by atoms with van der Waals surface area (Å²) in [4.78, 5) is 18.3. The van der Waals surface area contributed by atoms with E-state index in [4.69, 9.17) is 14.2 Å². The Morgan fingerprint density at radius 2 is 1.58 bits per heavy atom. The van der Waals surface area contributed by atoms with Crippen molar-refractivity contribution in [1.82, 2.24) is 9.21 Å². The molecule has 0 aromatic heterocycles. The standard InChI is InChI=1S/C22H28N4O4S/c1-28-18-7-5-4-6-17(18)25-11-8-24(9-12-25)10-13-26-22(27)23-16-14-19(29-2)20(30-3)15-21(16)31-26/h4-7,14-15H,8-13H2,1-3H3,(H,23,27). The van der Waals surface area contributed by atoms with Crippen LogP contribution in [0.5, 0.6) is 17.2 Å². The summed E-state index contributed by atoms with van der Waals surface area (Å²) >= 11 is 1.44. The first-order valence-electron chi connectivity index (χ1n) is 10.3. The lowest BCUT2D eigenvalue weighted by Crippen LogP contribution is -2.49. The molecular weight excluding hydrogens is 416 g/mol. The third kappa shape index (κ3) is 4.62. The zero-order valence-corrected chi connectivity index (χ0v) is 18.9. The number of urea groups is 1. The largest absolute Gasteiger partial charge is 0.495 e. The van der Waals surface area contributed by atoms with Crippen molar-refractivity contribution in [1.29, 1.82) is 0 Å². The molecule has 4 rings (SSSR count). The van der Waals surface area contributed by atoms with Crippen molar-refractivity contribution in [3.8, 4) is 17.2 Å². The Morgan fingerprint density at radius 1 is 0.903 bits per heavy atom. The SMILES string of the molecule is COc1cc2c(cc1OC)SN(CCN1CCN(c3ccccc3OC)CC1)C(=O)N2. The summed E-state index contributed by atoms with van der Waals surface area (Å²) in [6.45, 7) is 5.21. The van der Waals surface area contributed by atoms with Gasteiger partial charge in [0, 0.05) is 51.4 Å². The van der Waals surface area contributed by atoms with Gasteiger partial charge in [0.25, 0.3) is 0 Å². The molecule has 1 fully saturated rings. The third-order valence-corrected chi connectivity index (χ3v) is 6.68. The summed E-state index contributed by atoms with van der Waals surface area (Å²) in [7, 11) is 4.90. The van der Waals surface area contributed by atoms with Gasteiger partial charge in [-0.2, -0.15) is 0 Å². The molecule has 2 aromatic rings. The van der Waals surface area contributed by atoms with Crippen LogP contribution in [0.15, 0.2) is 41.3 Å². The number of carbonyl (C=O) groups is 1. The van der Waals surface area contributed by atoms with E-state index < -0.39 is 0 Å². The summed E-state index contributed by atoms with van der Waals surface area (Å²) in [5.41, 5.74) is 1.88. The Balaban J connectivity index is 1.33. The van der Waals surface area contributed by atoms with Gasteiger partial charge in [0.15, 0.2) is 11.5 Å². The van der Waals surface area contributed by atoms with E-state index in [9.17, 15) is 4.79 Å². The zero-order valence-electron chi connectivity index (χ0n) is 18.1. The van der Waals surface area contributed by atoms with Crippen LogP contribution < -0.4 is 24.4 Å². The molecular formula is C22H28N4O4S. The first-order valence-corrected chi connectivity index (χ1v) is 11.0. The average Bonchev–Trinajstić information content (AvgIpc) is 2.82. The van der Waals surface area contributed by atoms with Gasteiger partial charge in [0.1, 0.15) is 5.75 Å². The second-order valence-corrected chi connectivity index (χ2v) is 8.39. The molecule has 2 heterocycles. The number of hydrogen-bond donors (Lipinski definition) is 1.